The molecule has 0 spiro atoms. The molecule has 14 heavy (non-hydrogen) atoms. The Morgan fingerprint density at radius 2 is 2.29 bits per heavy atom. The Labute approximate surface area is 87.1 Å². The van der Waals surface area contributed by atoms with Crippen LogP contribution >= 0.6 is 11.6 Å². The zero-order chi connectivity index (χ0) is 10.1. The van der Waals surface area contributed by atoms with Gasteiger partial charge in [-0.25, -0.2) is 4.68 Å². The Hall–Kier alpha value is -1.29. The normalized spacial score (nSPS) is 10.8. The van der Waals surface area contributed by atoms with Crippen molar-refractivity contribution in [1.82, 2.24) is 19.6 Å². The van der Waals surface area contributed by atoms with Gasteiger partial charge in [0.2, 0.25) is 0 Å². The Bertz CT molecular complexity index is 430. The molecule has 2 rings (SSSR count). The van der Waals surface area contributed by atoms with Gasteiger partial charge in [-0.2, -0.15) is 10.2 Å². The summed E-state index contributed by atoms with van der Waals surface area (Å²) in [7, 11) is 1.89. The van der Waals surface area contributed by atoms with Gasteiger partial charge >= 0.3 is 0 Å². The number of nitrogens with zero attached hydrogens (tertiary/aromatic N) is 4. The van der Waals surface area contributed by atoms with E-state index in [1.807, 2.05) is 26.2 Å². The van der Waals surface area contributed by atoms with Crippen LogP contribution in [0.1, 0.15) is 11.3 Å². The van der Waals surface area contributed by atoms with E-state index in [9.17, 15) is 0 Å². The van der Waals surface area contributed by atoms with Gasteiger partial charge in [-0.05, 0) is 13.0 Å². The van der Waals surface area contributed by atoms with Crippen LogP contribution in [-0.2, 0) is 12.9 Å². The van der Waals surface area contributed by atoms with E-state index in [2.05, 4.69) is 10.2 Å². The molecule has 0 N–H and O–H groups in total. The number of halogens is 1. The Morgan fingerprint density at radius 1 is 1.50 bits per heavy atom. The molecule has 74 valence electrons. The van der Waals surface area contributed by atoms with Crippen molar-refractivity contribution in [3.05, 3.63) is 29.7 Å². The van der Waals surface area contributed by atoms with Crippen molar-refractivity contribution in [3.63, 3.8) is 0 Å². The smallest absolute Gasteiger partial charge is 0.156 e. The molecule has 2 aromatic rings. The third kappa shape index (κ3) is 1.32. The SMILES string of the molecule is Cc1nn(C)c(-n2cccn2)c1CCl. The van der Waals surface area contributed by atoms with Gasteiger partial charge in [-0.3, -0.25) is 4.68 Å². The van der Waals surface area contributed by atoms with Crippen LogP contribution in [0, 0.1) is 6.92 Å². The Balaban J connectivity index is 2.62. The maximum atomic E-state index is 5.87. The highest BCUT2D eigenvalue weighted by atomic mass is 35.5. The summed E-state index contributed by atoms with van der Waals surface area (Å²) in [5.41, 5.74) is 1.98. The Kier molecular flexibility index (Phi) is 2.29. The molecule has 2 aromatic heterocycles. The van der Waals surface area contributed by atoms with Crippen LogP contribution in [0.3, 0.4) is 0 Å². The molecule has 0 saturated carbocycles. The van der Waals surface area contributed by atoms with Crippen molar-refractivity contribution < 1.29 is 0 Å². The molecule has 0 bridgehead atoms. The average molecular weight is 211 g/mol. The van der Waals surface area contributed by atoms with Crippen LogP contribution in [0.2, 0.25) is 0 Å². The fraction of sp³-hybridized carbons (Fsp3) is 0.333. The highest BCUT2D eigenvalue weighted by Gasteiger charge is 2.13. The summed E-state index contributed by atoms with van der Waals surface area (Å²) in [5.74, 6) is 1.39. The molecule has 0 unspecified atom stereocenters. The number of aromatic nitrogens is 4. The number of hydrogen-bond donors (Lipinski definition) is 0. The number of rotatable bonds is 2. The van der Waals surface area contributed by atoms with E-state index in [1.54, 1.807) is 15.6 Å². The first-order chi connectivity index (χ1) is 6.74. The molecule has 4 nitrogen and oxygen atoms in total. The van der Waals surface area contributed by atoms with Crippen molar-refractivity contribution in [2.75, 3.05) is 0 Å². The molecule has 0 radical (unpaired) electrons. The molecule has 2 heterocycles. The molecule has 0 amide bonds. The maximum absolute atomic E-state index is 5.87. The largest absolute Gasteiger partial charge is 0.250 e. The number of hydrogen-bond acceptors (Lipinski definition) is 2. The monoisotopic (exact) mass is 210 g/mol. The van der Waals surface area contributed by atoms with Gasteiger partial charge in [0, 0.05) is 25.0 Å². The lowest BCUT2D eigenvalue weighted by molar-refractivity contribution is 0.692. The van der Waals surface area contributed by atoms with Gasteiger partial charge in [0.1, 0.15) is 0 Å². The van der Waals surface area contributed by atoms with Crippen LogP contribution in [-0.4, -0.2) is 19.6 Å². The molecule has 0 aliphatic rings. The summed E-state index contributed by atoms with van der Waals surface area (Å²) in [5, 5.41) is 8.48. The maximum Gasteiger partial charge on any atom is 0.156 e. The zero-order valence-electron chi connectivity index (χ0n) is 8.11. The summed E-state index contributed by atoms with van der Waals surface area (Å²) < 4.78 is 3.57. The summed E-state index contributed by atoms with van der Waals surface area (Å²) in [6, 6.07) is 1.88. The molecular formula is C9H11ClN4. The molecule has 0 fully saturated rings. The predicted octanol–water partition coefficient (Wildman–Crippen LogP) is 1.65. The van der Waals surface area contributed by atoms with Gasteiger partial charge in [0.25, 0.3) is 0 Å². The van der Waals surface area contributed by atoms with Gasteiger partial charge in [0.15, 0.2) is 5.82 Å². The predicted molar refractivity (Wildman–Crippen MR) is 54.6 cm³/mol. The van der Waals surface area contributed by atoms with Crippen LogP contribution < -0.4 is 0 Å². The van der Waals surface area contributed by atoms with Crippen molar-refractivity contribution in [2.24, 2.45) is 7.05 Å². The lowest BCUT2D eigenvalue weighted by Gasteiger charge is -2.03. The van der Waals surface area contributed by atoms with E-state index < -0.39 is 0 Å². The van der Waals surface area contributed by atoms with Crippen LogP contribution in [0.15, 0.2) is 18.5 Å². The van der Waals surface area contributed by atoms with Crippen LogP contribution in [0.25, 0.3) is 5.82 Å². The van der Waals surface area contributed by atoms with Crippen molar-refractivity contribution in [2.45, 2.75) is 12.8 Å². The van der Waals surface area contributed by atoms with E-state index in [0.29, 0.717) is 5.88 Å². The minimum absolute atomic E-state index is 0.453. The standard InChI is InChI=1S/C9H11ClN4/c1-7-8(6-10)9(13(2)12-7)14-5-3-4-11-14/h3-5H,6H2,1-2H3. The average Bonchev–Trinajstić information content (AvgIpc) is 2.72. The molecule has 0 atom stereocenters. The third-order valence-electron chi connectivity index (χ3n) is 2.17. The molecule has 0 aliphatic carbocycles. The van der Waals surface area contributed by atoms with Crippen molar-refractivity contribution in [3.8, 4) is 5.82 Å². The first kappa shape index (κ1) is 9.27. The quantitative estimate of drug-likeness (QED) is 0.707. The first-order valence-corrected chi connectivity index (χ1v) is 4.86. The lowest BCUT2D eigenvalue weighted by atomic mass is 10.3. The summed E-state index contributed by atoms with van der Waals surface area (Å²) in [6.07, 6.45) is 3.62. The third-order valence-corrected chi connectivity index (χ3v) is 2.44. The second-order valence-corrected chi connectivity index (χ2v) is 3.36. The number of alkyl halides is 1. The molecule has 0 aromatic carbocycles. The van der Waals surface area contributed by atoms with E-state index >= 15 is 0 Å². The second kappa shape index (κ2) is 3.46. The second-order valence-electron chi connectivity index (χ2n) is 3.10. The van der Waals surface area contributed by atoms with Gasteiger partial charge in [-0.15, -0.1) is 11.6 Å². The summed E-state index contributed by atoms with van der Waals surface area (Å²) in [4.78, 5) is 0. The van der Waals surface area contributed by atoms with Crippen LogP contribution in [0.5, 0.6) is 0 Å². The van der Waals surface area contributed by atoms with Crippen LogP contribution in [0.4, 0.5) is 0 Å². The number of aryl methyl sites for hydroxylation is 2. The fourth-order valence-electron chi connectivity index (χ4n) is 1.53. The minimum atomic E-state index is 0.453. The minimum Gasteiger partial charge on any atom is -0.250 e. The van der Waals surface area contributed by atoms with Crippen molar-refractivity contribution >= 4 is 11.6 Å². The van der Waals surface area contributed by atoms with E-state index in [0.717, 1.165) is 17.1 Å². The topological polar surface area (TPSA) is 35.6 Å². The highest BCUT2D eigenvalue weighted by Crippen LogP contribution is 2.18. The highest BCUT2D eigenvalue weighted by molar-refractivity contribution is 6.17. The molecule has 5 heteroatoms. The van der Waals surface area contributed by atoms with Gasteiger partial charge in [-0.1, -0.05) is 0 Å². The molecule has 0 saturated heterocycles. The lowest BCUT2D eigenvalue weighted by Crippen LogP contribution is -2.04. The van der Waals surface area contributed by atoms with Gasteiger partial charge < -0.3 is 0 Å². The van der Waals surface area contributed by atoms with Gasteiger partial charge in [0.05, 0.1) is 11.6 Å². The fourth-order valence-corrected chi connectivity index (χ4v) is 1.84. The first-order valence-electron chi connectivity index (χ1n) is 4.32. The van der Waals surface area contributed by atoms with E-state index in [1.165, 1.54) is 0 Å². The van der Waals surface area contributed by atoms with E-state index in [-0.39, 0.29) is 0 Å². The molecule has 0 aliphatic heterocycles. The Morgan fingerprint density at radius 3 is 2.86 bits per heavy atom. The van der Waals surface area contributed by atoms with E-state index in [4.69, 9.17) is 11.6 Å². The molecular weight excluding hydrogens is 200 g/mol. The summed E-state index contributed by atoms with van der Waals surface area (Å²) in [6.45, 7) is 1.95. The zero-order valence-corrected chi connectivity index (χ0v) is 8.86. The van der Waals surface area contributed by atoms with Crippen molar-refractivity contribution in [1.29, 1.82) is 0 Å². The summed E-state index contributed by atoms with van der Waals surface area (Å²) >= 11 is 5.87.